The summed E-state index contributed by atoms with van der Waals surface area (Å²) in [7, 11) is 1.61. The Balaban J connectivity index is 0.000000164. The number of carbonyl (C=O) groups is 2. The van der Waals surface area contributed by atoms with Crippen LogP contribution in [0.3, 0.4) is 0 Å². The molecule has 8 heteroatoms. The van der Waals surface area contributed by atoms with E-state index in [1.165, 1.54) is 11.6 Å². The predicted molar refractivity (Wildman–Crippen MR) is 142 cm³/mol. The highest BCUT2D eigenvalue weighted by Gasteiger charge is 2.63. The normalized spacial score (nSPS) is 24.2. The number of hydrogen-bond acceptors (Lipinski definition) is 8. The molecule has 0 amide bonds. The molecule has 1 saturated heterocycles. The molecule has 0 radical (unpaired) electrons. The highest BCUT2D eigenvalue weighted by molar-refractivity contribution is 5.77. The summed E-state index contributed by atoms with van der Waals surface area (Å²) in [6.45, 7) is 7.75. The quantitative estimate of drug-likeness (QED) is 0.369. The second-order valence-corrected chi connectivity index (χ2v) is 10.3. The molecule has 5 rings (SSSR count). The van der Waals surface area contributed by atoms with Gasteiger partial charge in [0.15, 0.2) is 11.5 Å². The fourth-order valence-electron chi connectivity index (χ4n) is 5.30. The van der Waals surface area contributed by atoms with Gasteiger partial charge in [0.05, 0.1) is 25.6 Å². The smallest absolute Gasteiger partial charge is 0.309 e. The molecule has 208 valence electrons. The number of fused-ring (bicyclic) bond motifs is 1. The van der Waals surface area contributed by atoms with Crippen molar-refractivity contribution < 1.29 is 39.1 Å². The number of phenolic OH excluding ortho intramolecular Hbond substituents is 2. The third-order valence-electron chi connectivity index (χ3n) is 7.51. The topological polar surface area (TPSA) is 123 Å². The van der Waals surface area contributed by atoms with Crippen LogP contribution in [0.25, 0.3) is 0 Å². The molecule has 3 fully saturated rings. The van der Waals surface area contributed by atoms with Gasteiger partial charge >= 0.3 is 11.9 Å². The van der Waals surface area contributed by atoms with Crippen LogP contribution in [0, 0.1) is 23.7 Å². The molecule has 1 aliphatic heterocycles. The fraction of sp³-hybridized carbons (Fsp3) is 0.533. The number of phenols is 2. The zero-order chi connectivity index (χ0) is 28.0. The van der Waals surface area contributed by atoms with E-state index in [-0.39, 0.29) is 54.1 Å². The third-order valence-corrected chi connectivity index (χ3v) is 7.51. The molecule has 0 aromatic heterocycles. The number of aromatic hydroxyl groups is 2. The first kappa shape index (κ1) is 29.3. The van der Waals surface area contributed by atoms with Crippen LogP contribution >= 0.6 is 0 Å². The number of hydrogen-bond donors (Lipinski definition) is 3. The van der Waals surface area contributed by atoms with E-state index in [0.717, 1.165) is 42.6 Å². The first-order valence-electron chi connectivity index (χ1n) is 13.3. The molecule has 38 heavy (non-hydrogen) atoms. The van der Waals surface area contributed by atoms with Gasteiger partial charge in [-0.3, -0.25) is 9.59 Å². The van der Waals surface area contributed by atoms with Crippen LogP contribution in [0.1, 0.15) is 57.2 Å². The van der Waals surface area contributed by atoms with Gasteiger partial charge in [-0.1, -0.05) is 39.8 Å². The summed E-state index contributed by atoms with van der Waals surface area (Å²) in [5.74, 6) is 1.01. The second-order valence-electron chi connectivity index (χ2n) is 10.3. The monoisotopic (exact) mass is 528 g/mol. The summed E-state index contributed by atoms with van der Waals surface area (Å²) in [6.07, 6.45) is 3.35. The number of carbonyl (C=O) groups excluding carboxylic acids is 2. The van der Waals surface area contributed by atoms with E-state index in [2.05, 4.69) is 6.92 Å². The number of esters is 2. The summed E-state index contributed by atoms with van der Waals surface area (Å²) < 4.78 is 15.9. The Kier molecular flexibility index (Phi) is 10.0. The molecule has 3 N–H and O–H groups in total. The predicted octanol–water partition coefficient (Wildman–Crippen LogP) is 4.55. The average Bonchev–Trinajstić information content (AvgIpc) is 3.56. The minimum absolute atomic E-state index is 0.0387. The van der Waals surface area contributed by atoms with Crippen LogP contribution in [0.5, 0.6) is 17.2 Å². The fourth-order valence-corrected chi connectivity index (χ4v) is 5.30. The Morgan fingerprint density at radius 1 is 1.03 bits per heavy atom. The average molecular weight is 529 g/mol. The van der Waals surface area contributed by atoms with Crippen molar-refractivity contribution in [1.29, 1.82) is 0 Å². The standard InChI is InChI=1S/C12H16O4.C10H14O2.C8H10O2/c1-5(2)11(13)15-9-6-3-7-8(4-6)12(14)16-10(7)9;1-3-8-4-5-10(12-2)9(6-8)7-11;1-2-6-3-4-7(9)8(10)5-6/h5-10H,3-4H2,1-2H3;4-6,11H,3,7H2,1-2H3;3-5,9-10H,2H2,1H3. The van der Waals surface area contributed by atoms with E-state index >= 15 is 0 Å². The van der Waals surface area contributed by atoms with E-state index in [0.29, 0.717) is 11.8 Å². The van der Waals surface area contributed by atoms with Crippen LogP contribution in [-0.2, 0) is 38.5 Å². The van der Waals surface area contributed by atoms with Crippen molar-refractivity contribution in [1.82, 2.24) is 0 Å². The maximum Gasteiger partial charge on any atom is 0.309 e. The maximum atomic E-state index is 11.6. The SMILES string of the molecule is CC(C)C(=O)OC1C2CC3C(=O)OC1C3C2.CCc1ccc(O)c(O)c1.CCc1ccc(OC)c(CO)c1. The lowest BCUT2D eigenvalue weighted by Crippen LogP contribution is -2.36. The minimum atomic E-state index is -0.183. The molecular weight excluding hydrogens is 488 g/mol. The van der Waals surface area contributed by atoms with Crippen molar-refractivity contribution in [2.45, 2.75) is 72.2 Å². The van der Waals surface area contributed by atoms with E-state index < -0.39 is 0 Å². The number of rotatable bonds is 6. The van der Waals surface area contributed by atoms with Crippen LogP contribution < -0.4 is 4.74 Å². The molecule has 1 heterocycles. The summed E-state index contributed by atoms with van der Waals surface area (Å²) in [4.78, 5) is 23.1. The maximum absolute atomic E-state index is 11.6. The van der Waals surface area contributed by atoms with Crippen LogP contribution in [-0.4, -0.2) is 46.6 Å². The van der Waals surface area contributed by atoms with Gasteiger partial charge in [0.2, 0.25) is 0 Å². The lowest BCUT2D eigenvalue weighted by atomic mass is 9.88. The number of methoxy groups -OCH3 is 1. The van der Waals surface area contributed by atoms with Gasteiger partial charge in [-0.15, -0.1) is 0 Å². The zero-order valence-corrected chi connectivity index (χ0v) is 22.8. The van der Waals surface area contributed by atoms with Crippen LogP contribution in [0.2, 0.25) is 0 Å². The Labute approximate surface area is 224 Å². The lowest BCUT2D eigenvalue weighted by Gasteiger charge is -2.25. The molecule has 3 aliphatic rings. The number of benzene rings is 2. The molecule has 2 aliphatic carbocycles. The van der Waals surface area contributed by atoms with Crippen molar-refractivity contribution >= 4 is 11.9 Å². The van der Waals surface area contributed by atoms with Crippen molar-refractivity contribution in [2.75, 3.05) is 7.11 Å². The van der Waals surface area contributed by atoms with Gasteiger partial charge in [-0.25, -0.2) is 0 Å². The number of aryl methyl sites for hydroxylation is 2. The Bertz CT molecular complexity index is 1110. The summed E-state index contributed by atoms with van der Waals surface area (Å²) in [5.41, 5.74) is 3.10. The summed E-state index contributed by atoms with van der Waals surface area (Å²) >= 11 is 0. The number of aliphatic hydroxyl groups is 1. The first-order valence-corrected chi connectivity index (χ1v) is 13.3. The van der Waals surface area contributed by atoms with Crippen molar-refractivity contribution in [2.24, 2.45) is 23.7 Å². The van der Waals surface area contributed by atoms with Crippen LogP contribution in [0.4, 0.5) is 0 Å². The number of ether oxygens (including phenoxy) is 3. The Hall–Kier alpha value is -3.26. The Morgan fingerprint density at radius 2 is 1.68 bits per heavy atom. The molecule has 2 bridgehead atoms. The minimum Gasteiger partial charge on any atom is -0.504 e. The van der Waals surface area contributed by atoms with Gasteiger partial charge < -0.3 is 29.5 Å². The van der Waals surface area contributed by atoms with Gasteiger partial charge in [0, 0.05) is 17.4 Å². The number of aliphatic hydroxyl groups excluding tert-OH is 1. The summed E-state index contributed by atoms with van der Waals surface area (Å²) in [6, 6.07) is 10.7. The van der Waals surface area contributed by atoms with Crippen LogP contribution in [0.15, 0.2) is 36.4 Å². The molecule has 5 unspecified atom stereocenters. The van der Waals surface area contributed by atoms with E-state index in [9.17, 15) is 9.59 Å². The molecule has 2 aromatic carbocycles. The molecule has 2 saturated carbocycles. The third kappa shape index (κ3) is 6.59. The van der Waals surface area contributed by atoms with E-state index in [1.807, 2.05) is 39.0 Å². The van der Waals surface area contributed by atoms with Gasteiger partial charge in [-0.05, 0) is 61.1 Å². The molecular formula is C30H40O8. The Morgan fingerprint density at radius 3 is 2.26 bits per heavy atom. The van der Waals surface area contributed by atoms with E-state index in [1.54, 1.807) is 19.2 Å². The highest BCUT2D eigenvalue weighted by Crippen LogP contribution is 2.55. The molecule has 0 spiro atoms. The molecule has 8 nitrogen and oxygen atoms in total. The highest BCUT2D eigenvalue weighted by atomic mass is 16.6. The van der Waals surface area contributed by atoms with Gasteiger partial charge in [0.25, 0.3) is 0 Å². The van der Waals surface area contributed by atoms with Gasteiger partial charge in [-0.2, -0.15) is 0 Å². The van der Waals surface area contributed by atoms with Crippen molar-refractivity contribution in [3.05, 3.63) is 53.1 Å². The first-order chi connectivity index (χ1) is 18.1. The lowest BCUT2D eigenvalue weighted by molar-refractivity contribution is -0.164. The zero-order valence-electron chi connectivity index (χ0n) is 22.8. The van der Waals surface area contributed by atoms with E-state index in [4.69, 9.17) is 29.5 Å². The summed E-state index contributed by atoms with van der Waals surface area (Å²) in [5, 5.41) is 26.9. The second kappa shape index (κ2) is 13.0. The largest absolute Gasteiger partial charge is 0.504 e. The molecule has 5 atom stereocenters. The van der Waals surface area contributed by atoms with Gasteiger partial charge in [0.1, 0.15) is 18.0 Å². The van der Waals surface area contributed by atoms with Crippen molar-refractivity contribution in [3.8, 4) is 17.2 Å². The molecule has 2 aromatic rings. The van der Waals surface area contributed by atoms with Crippen molar-refractivity contribution in [3.63, 3.8) is 0 Å².